The average Bonchev–Trinajstić information content (AvgIpc) is 3.06. The molecule has 262 valence electrons. The number of aryl methyl sites for hydroxylation is 1. The van der Waals surface area contributed by atoms with Crippen LogP contribution in [0.4, 0.5) is 4.39 Å². The largest absolute Gasteiger partial charge is 0.491 e. The third-order valence-electron chi connectivity index (χ3n) is 7.86. The number of halogens is 1. The van der Waals surface area contributed by atoms with E-state index in [9.17, 15) is 23.6 Å². The molecule has 0 aliphatic carbocycles. The number of carbonyl (C=O) groups is 4. The molecule has 1 heterocycles. The lowest BCUT2D eigenvalue weighted by Gasteiger charge is -2.26. The van der Waals surface area contributed by atoms with E-state index in [1.165, 1.54) is 17.0 Å². The lowest BCUT2D eigenvalue weighted by atomic mass is 10.0. The van der Waals surface area contributed by atoms with Crippen LogP contribution in [0.25, 0.3) is 0 Å². The zero-order valence-corrected chi connectivity index (χ0v) is 28.6. The molecule has 0 saturated carbocycles. The van der Waals surface area contributed by atoms with Crippen molar-refractivity contribution in [2.45, 2.75) is 65.1 Å². The van der Waals surface area contributed by atoms with E-state index in [0.29, 0.717) is 12.2 Å². The average molecular weight is 677 g/mol. The fourth-order valence-electron chi connectivity index (χ4n) is 5.22. The first-order chi connectivity index (χ1) is 23.4. The molecule has 0 spiro atoms. The summed E-state index contributed by atoms with van der Waals surface area (Å²) in [5.41, 5.74) is 1.24. The van der Waals surface area contributed by atoms with Crippen LogP contribution in [0.3, 0.4) is 0 Å². The number of nitrogens with one attached hydrogen (secondary N) is 3. The van der Waals surface area contributed by atoms with Crippen LogP contribution in [0.1, 0.15) is 56.0 Å². The molecule has 0 bridgehead atoms. The molecule has 1 aliphatic heterocycles. The van der Waals surface area contributed by atoms with Gasteiger partial charge in [-0.1, -0.05) is 49.7 Å². The zero-order chi connectivity index (χ0) is 35.5. The van der Waals surface area contributed by atoms with Gasteiger partial charge in [-0.3, -0.25) is 19.2 Å². The second-order valence-corrected chi connectivity index (χ2v) is 12.6. The van der Waals surface area contributed by atoms with E-state index in [2.05, 4.69) is 16.0 Å². The molecule has 0 radical (unpaired) electrons. The number of benzene rings is 3. The first-order valence-corrected chi connectivity index (χ1v) is 16.4. The van der Waals surface area contributed by atoms with Crippen LogP contribution < -0.4 is 30.2 Å². The van der Waals surface area contributed by atoms with Crippen LogP contribution >= 0.6 is 0 Å². The Bertz CT molecular complexity index is 1610. The van der Waals surface area contributed by atoms with Crippen molar-refractivity contribution in [3.05, 3.63) is 83.7 Å². The first-order valence-electron chi connectivity index (χ1n) is 16.4. The number of hydrogen-bond acceptors (Lipinski definition) is 7. The van der Waals surface area contributed by atoms with Crippen molar-refractivity contribution >= 4 is 23.6 Å². The summed E-state index contributed by atoms with van der Waals surface area (Å²) in [6.45, 7) is 7.75. The Morgan fingerprint density at radius 2 is 1.76 bits per heavy atom. The van der Waals surface area contributed by atoms with Crippen molar-refractivity contribution in [2.75, 3.05) is 26.8 Å². The van der Waals surface area contributed by atoms with Crippen LogP contribution in [0, 0.1) is 18.7 Å². The number of fused-ring (bicyclic) bond motifs is 1. The Kier molecular flexibility index (Phi) is 13.0. The SMILES string of the molecule is Cc1ccc(Oc2cccc(F)c2OC[C@@H](C)NC(=O)[C@@H]2CCC(=O)N[C@H](CC(C)C)C(=O)N(C)CCOc3ccccc3C(=O)N2)cc1. The quantitative estimate of drug-likeness (QED) is 0.297. The summed E-state index contributed by atoms with van der Waals surface area (Å²) in [5, 5.41) is 8.36. The molecule has 3 N–H and O–H groups in total. The Hall–Kier alpha value is -5.13. The van der Waals surface area contributed by atoms with E-state index in [1.807, 2.05) is 32.9 Å². The number of carbonyl (C=O) groups excluding carboxylic acids is 4. The maximum absolute atomic E-state index is 14.9. The highest BCUT2D eigenvalue weighted by Gasteiger charge is 2.29. The molecule has 0 fully saturated rings. The first kappa shape index (κ1) is 36.7. The molecule has 49 heavy (non-hydrogen) atoms. The molecule has 4 amide bonds. The van der Waals surface area contributed by atoms with E-state index in [0.717, 1.165) is 5.56 Å². The molecule has 3 aromatic carbocycles. The molecular weight excluding hydrogens is 631 g/mol. The molecule has 0 saturated heterocycles. The van der Waals surface area contributed by atoms with Gasteiger partial charge in [-0.15, -0.1) is 0 Å². The van der Waals surface area contributed by atoms with E-state index >= 15 is 0 Å². The maximum Gasteiger partial charge on any atom is 0.255 e. The second-order valence-electron chi connectivity index (χ2n) is 12.6. The van der Waals surface area contributed by atoms with Crippen LogP contribution in [0.2, 0.25) is 0 Å². The highest BCUT2D eigenvalue weighted by molar-refractivity contribution is 6.00. The van der Waals surface area contributed by atoms with Gasteiger partial charge in [0.05, 0.1) is 18.2 Å². The maximum atomic E-state index is 14.9. The summed E-state index contributed by atoms with van der Waals surface area (Å²) in [7, 11) is 1.64. The van der Waals surface area contributed by atoms with E-state index in [-0.39, 0.29) is 67.2 Å². The van der Waals surface area contributed by atoms with Gasteiger partial charge in [-0.2, -0.15) is 0 Å². The normalized spacial score (nSPS) is 18.2. The van der Waals surface area contributed by atoms with Crippen LogP contribution in [-0.2, 0) is 14.4 Å². The van der Waals surface area contributed by atoms with Crippen molar-refractivity contribution in [1.29, 1.82) is 0 Å². The minimum absolute atomic E-state index is 0.0553. The summed E-state index contributed by atoms with van der Waals surface area (Å²) in [4.78, 5) is 54.9. The second kappa shape index (κ2) is 17.3. The number of likely N-dealkylation sites (N-methyl/N-ethyl adjacent to an activating group) is 1. The summed E-state index contributed by atoms with van der Waals surface area (Å²) in [6.07, 6.45) is 0.235. The van der Waals surface area contributed by atoms with Crippen LogP contribution in [0.15, 0.2) is 66.7 Å². The molecule has 1 aliphatic rings. The molecular formula is C37H45FN4O7. The number of hydrogen-bond donors (Lipinski definition) is 3. The summed E-state index contributed by atoms with van der Waals surface area (Å²) in [6, 6.07) is 15.7. The molecule has 4 rings (SSSR count). The van der Waals surface area contributed by atoms with Gasteiger partial charge in [0.2, 0.25) is 17.7 Å². The number of nitrogens with zero attached hydrogens (tertiary/aromatic N) is 1. The minimum Gasteiger partial charge on any atom is -0.491 e. The van der Waals surface area contributed by atoms with Gasteiger partial charge >= 0.3 is 0 Å². The van der Waals surface area contributed by atoms with Crippen molar-refractivity contribution in [2.24, 2.45) is 5.92 Å². The standard InChI is InChI=1S/C37H45FN4O7/c1-23(2)21-30-37(46)42(5)19-20-47-31-11-7-6-9-27(31)35(44)41-29(17-18-33(43)40-30)36(45)39-25(4)22-48-34-28(38)10-8-12-32(34)49-26-15-13-24(3)14-16-26/h6-16,23,25,29-30H,17-22H2,1-5H3,(H,39,45)(H,40,43)(H,41,44)/t25-,29+,30-/m1/s1. The number of amides is 4. The lowest BCUT2D eigenvalue weighted by molar-refractivity contribution is -0.136. The fraction of sp³-hybridized carbons (Fsp3) is 0.405. The van der Waals surface area contributed by atoms with Gasteiger partial charge in [-0.25, -0.2) is 4.39 Å². The Morgan fingerprint density at radius 1 is 1.02 bits per heavy atom. The highest BCUT2D eigenvalue weighted by atomic mass is 19.1. The van der Waals surface area contributed by atoms with Crippen LogP contribution in [0.5, 0.6) is 23.0 Å². The predicted octanol–water partition coefficient (Wildman–Crippen LogP) is 4.77. The molecule has 12 heteroatoms. The van der Waals surface area contributed by atoms with E-state index in [4.69, 9.17) is 14.2 Å². The van der Waals surface area contributed by atoms with Crippen molar-refractivity contribution < 1.29 is 37.8 Å². The highest BCUT2D eigenvalue weighted by Crippen LogP contribution is 2.34. The van der Waals surface area contributed by atoms with Gasteiger partial charge in [-0.05, 0) is 69.0 Å². The van der Waals surface area contributed by atoms with Gasteiger partial charge in [0.25, 0.3) is 5.91 Å². The van der Waals surface area contributed by atoms with Gasteiger partial charge in [0.1, 0.15) is 36.8 Å². The molecule has 3 atom stereocenters. The fourth-order valence-corrected chi connectivity index (χ4v) is 5.22. The predicted molar refractivity (Wildman–Crippen MR) is 182 cm³/mol. The van der Waals surface area contributed by atoms with E-state index in [1.54, 1.807) is 56.4 Å². The van der Waals surface area contributed by atoms with E-state index < -0.39 is 41.7 Å². The summed E-state index contributed by atoms with van der Waals surface area (Å²) < 4.78 is 32.4. The van der Waals surface area contributed by atoms with Gasteiger partial charge < -0.3 is 35.1 Å². The third kappa shape index (κ3) is 10.7. The van der Waals surface area contributed by atoms with Crippen LogP contribution in [-0.4, -0.2) is 73.5 Å². The molecule has 0 aromatic heterocycles. The number of para-hydroxylation sites is 2. The number of rotatable bonds is 9. The topological polar surface area (TPSA) is 135 Å². The molecule has 3 aromatic rings. The van der Waals surface area contributed by atoms with Crippen molar-refractivity contribution in [3.8, 4) is 23.0 Å². The molecule has 11 nitrogen and oxygen atoms in total. The molecule has 0 unspecified atom stereocenters. The zero-order valence-electron chi connectivity index (χ0n) is 28.6. The van der Waals surface area contributed by atoms with Gasteiger partial charge in [0.15, 0.2) is 17.3 Å². The lowest BCUT2D eigenvalue weighted by Crippen LogP contribution is -2.51. The smallest absolute Gasteiger partial charge is 0.255 e. The summed E-state index contributed by atoms with van der Waals surface area (Å²) >= 11 is 0. The van der Waals surface area contributed by atoms with Crippen molar-refractivity contribution in [3.63, 3.8) is 0 Å². The minimum atomic E-state index is -1.13. The monoisotopic (exact) mass is 676 g/mol. The Morgan fingerprint density at radius 3 is 2.49 bits per heavy atom. The number of ether oxygens (including phenoxy) is 3. The Labute approximate surface area is 286 Å². The van der Waals surface area contributed by atoms with Gasteiger partial charge in [0, 0.05) is 13.5 Å². The summed E-state index contributed by atoms with van der Waals surface area (Å²) in [5.74, 6) is -1.48. The van der Waals surface area contributed by atoms with Crippen molar-refractivity contribution in [1.82, 2.24) is 20.9 Å². The Balaban J connectivity index is 1.49. The third-order valence-corrected chi connectivity index (χ3v) is 7.86.